The first-order chi connectivity index (χ1) is 15.4. The van der Waals surface area contributed by atoms with Crippen molar-refractivity contribution < 1.29 is 4.79 Å². The van der Waals surface area contributed by atoms with E-state index in [-0.39, 0.29) is 22.7 Å². The normalized spacial score (nSPS) is 11.5. The van der Waals surface area contributed by atoms with Gasteiger partial charge >= 0.3 is 5.56 Å². The Morgan fingerprint density at radius 2 is 1.84 bits per heavy atom. The minimum absolute atomic E-state index is 0.00479. The number of hydrogen-bond donors (Lipinski definition) is 1. The molecule has 0 radical (unpaired) electrons. The molecule has 8 heteroatoms. The van der Waals surface area contributed by atoms with E-state index in [2.05, 4.69) is 15.2 Å². The van der Waals surface area contributed by atoms with E-state index < -0.39 is 0 Å². The number of rotatable bonds is 5. The number of hydrogen-bond acceptors (Lipinski definition) is 5. The smallest absolute Gasteiger partial charge is 0.300 e. The van der Waals surface area contributed by atoms with Gasteiger partial charge in [-0.25, -0.2) is 0 Å². The van der Waals surface area contributed by atoms with Gasteiger partial charge in [-0.05, 0) is 50.1 Å². The molecule has 2 aromatic carbocycles. The number of Topliss-reactive ketones (excluding diaryl/α,β-unsaturated/α-hetero) is 1. The second kappa shape index (κ2) is 7.80. The van der Waals surface area contributed by atoms with E-state index in [0.29, 0.717) is 10.7 Å². The molecule has 7 nitrogen and oxygen atoms in total. The fourth-order valence-corrected chi connectivity index (χ4v) is 4.67. The predicted molar refractivity (Wildman–Crippen MR) is 126 cm³/mol. The average Bonchev–Trinajstić information content (AvgIpc) is 3.35. The molecule has 1 N–H and O–H groups in total. The number of nitrogens with zero attached hydrogens (tertiary/aromatic N) is 4. The van der Waals surface area contributed by atoms with Crippen LogP contribution in [0.3, 0.4) is 0 Å². The summed E-state index contributed by atoms with van der Waals surface area (Å²) in [5.41, 5.74) is 5.51. The monoisotopic (exact) mass is 443 g/mol. The Morgan fingerprint density at radius 1 is 1.03 bits per heavy atom. The molecule has 3 aromatic heterocycles. The highest BCUT2D eigenvalue weighted by atomic mass is 32.2. The van der Waals surface area contributed by atoms with Crippen molar-refractivity contribution in [1.82, 2.24) is 24.1 Å². The van der Waals surface area contributed by atoms with Crippen molar-refractivity contribution in [3.05, 3.63) is 87.6 Å². The van der Waals surface area contributed by atoms with Gasteiger partial charge in [0.05, 0.1) is 5.75 Å². The summed E-state index contributed by atoms with van der Waals surface area (Å²) in [6.07, 6.45) is 3.47. The number of aryl methyl sites for hydroxylation is 3. The van der Waals surface area contributed by atoms with Crippen LogP contribution in [0.5, 0.6) is 0 Å². The fraction of sp³-hybridized carbons (Fsp3) is 0.167. The Bertz CT molecular complexity index is 1560. The summed E-state index contributed by atoms with van der Waals surface area (Å²) < 4.78 is 3.20. The molecule has 32 heavy (non-hydrogen) atoms. The number of fused-ring (bicyclic) bond motifs is 2. The number of aromatic amines is 1. The number of carbonyl (C=O) groups is 1. The summed E-state index contributed by atoms with van der Waals surface area (Å²) in [5.74, 6) is 0.203. The number of thioether (sulfide) groups is 1. The first-order valence-electron chi connectivity index (χ1n) is 10.2. The van der Waals surface area contributed by atoms with Gasteiger partial charge in [0.15, 0.2) is 10.9 Å². The molecule has 0 aliphatic heterocycles. The van der Waals surface area contributed by atoms with Crippen LogP contribution in [0.4, 0.5) is 0 Å². The summed E-state index contributed by atoms with van der Waals surface area (Å²) in [6, 6.07) is 13.6. The molecule has 0 spiro atoms. The lowest BCUT2D eigenvalue weighted by molar-refractivity contribution is 0.102. The molecule has 3 heterocycles. The zero-order chi connectivity index (χ0) is 22.4. The highest BCUT2D eigenvalue weighted by Gasteiger charge is 2.18. The van der Waals surface area contributed by atoms with Crippen LogP contribution < -0.4 is 5.56 Å². The van der Waals surface area contributed by atoms with Crippen LogP contribution in [0.15, 0.2) is 64.8 Å². The minimum atomic E-state index is -0.256. The minimum Gasteiger partial charge on any atom is -0.358 e. The number of ketones is 1. The van der Waals surface area contributed by atoms with E-state index in [1.54, 1.807) is 21.4 Å². The molecule has 0 amide bonds. The molecule has 0 atom stereocenters. The van der Waals surface area contributed by atoms with Crippen molar-refractivity contribution in [3.63, 3.8) is 0 Å². The summed E-state index contributed by atoms with van der Waals surface area (Å²) in [7, 11) is 0. The third kappa shape index (κ3) is 3.33. The van der Waals surface area contributed by atoms with Gasteiger partial charge in [0.2, 0.25) is 5.65 Å². The molecule has 0 unspecified atom stereocenters. The Labute approximate surface area is 188 Å². The van der Waals surface area contributed by atoms with Crippen molar-refractivity contribution in [1.29, 1.82) is 0 Å². The summed E-state index contributed by atoms with van der Waals surface area (Å²) in [4.78, 5) is 29.2. The lowest BCUT2D eigenvalue weighted by Crippen LogP contribution is -2.20. The SMILES string of the molecule is Cc1ccc(-n2ccn3c(SCC(=O)c4c(C)[nH]c5ccccc45)nnc3c2=O)cc1C. The number of carbonyl (C=O) groups excluding carboxylic acids is 1. The van der Waals surface area contributed by atoms with Gasteiger partial charge in [-0.3, -0.25) is 18.6 Å². The zero-order valence-corrected chi connectivity index (χ0v) is 18.7. The molecular weight excluding hydrogens is 422 g/mol. The fourth-order valence-electron chi connectivity index (χ4n) is 3.88. The molecule has 0 bridgehead atoms. The summed E-state index contributed by atoms with van der Waals surface area (Å²) >= 11 is 1.27. The van der Waals surface area contributed by atoms with Crippen molar-refractivity contribution in [2.24, 2.45) is 0 Å². The van der Waals surface area contributed by atoms with Crippen LogP contribution in [-0.4, -0.2) is 35.7 Å². The molecule has 0 fully saturated rings. The second-order valence-corrected chi connectivity index (χ2v) is 8.74. The molecule has 5 aromatic rings. The van der Waals surface area contributed by atoms with Gasteiger partial charge in [0.25, 0.3) is 0 Å². The first kappa shape index (κ1) is 20.3. The maximum atomic E-state index is 13.0. The molecule has 160 valence electrons. The Hall–Kier alpha value is -3.65. The maximum absolute atomic E-state index is 13.0. The van der Waals surface area contributed by atoms with Gasteiger partial charge in [0.1, 0.15) is 0 Å². The Morgan fingerprint density at radius 3 is 2.66 bits per heavy atom. The number of aromatic nitrogens is 5. The van der Waals surface area contributed by atoms with Gasteiger partial charge in [0, 0.05) is 40.2 Å². The average molecular weight is 444 g/mol. The lowest BCUT2D eigenvalue weighted by Gasteiger charge is -2.08. The van der Waals surface area contributed by atoms with E-state index in [1.807, 2.05) is 63.2 Å². The van der Waals surface area contributed by atoms with E-state index >= 15 is 0 Å². The van der Waals surface area contributed by atoms with Crippen LogP contribution >= 0.6 is 11.8 Å². The molecule has 0 aliphatic carbocycles. The molecule has 0 aliphatic rings. The van der Waals surface area contributed by atoms with Gasteiger partial charge in [-0.2, -0.15) is 0 Å². The lowest BCUT2D eigenvalue weighted by atomic mass is 10.1. The van der Waals surface area contributed by atoms with Crippen LogP contribution in [0, 0.1) is 20.8 Å². The van der Waals surface area contributed by atoms with Crippen molar-refractivity contribution in [3.8, 4) is 5.69 Å². The van der Waals surface area contributed by atoms with Gasteiger partial charge < -0.3 is 4.98 Å². The first-order valence-corrected chi connectivity index (χ1v) is 11.2. The number of H-pyrrole nitrogens is 1. The number of para-hydroxylation sites is 1. The predicted octanol–water partition coefficient (Wildman–Crippen LogP) is 4.26. The number of benzene rings is 2. The quantitative estimate of drug-likeness (QED) is 0.324. The van der Waals surface area contributed by atoms with E-state index in [9.17, 15) is 9.59 Å². The molecular formula is C24H21N5O2S. The molecule has 0 saturated carbocycles. The molecule has 5 rings (SSSR count). The van der Waals surface area contributed by atoms with Gasteiger partial charge in [-0.1, -0.05) is 36.0 Å². The maximum Gasteiger partial charge on any atom is 0.300 e. The van der Waals surface area contributed by atoms with Crippen LogP contribution in [0.25, 0.3) is 22.2 Å². The van der Waals surface area contributed by atoms with E-state index in [4.69, 9.17) is 0 Å². The summed E-state index contributed by atoms with van der Waals surface area (Å²) in [5, 5.41) is 9.68. The zero-order valence-electron chi connectivity index (χ0n) is 17.9. The highest BCUT2D eigenvalue weighted by molar-refractivity contribution is 7.99. The number of nitrogens with one attached hydrogen (secondary N) is 1. The topological polar surface area (TPSA) is 85.1 Å². The van der Waals surface area contributed by atoms with Crippen LogP contribution in [-0.2, 0) is 0 Å². The van der Waals surface area contributed by atoms with E-state index in [0.717, 1.165) is 27.8 Å². The van der Waals surface area contributed by atoms with Crippen molar-refractivity contribution >= 4 is 34.1 Å². The Kier molecular flexibility index (Phi) is 4.94. The summed E-state index contributed by atoms with van der Waals surface area (Å²) in [6.45, 7) is 5.95. The van der Waals surface area contributed by atoms with Gasteiger partial charge in [-0.15, -0.1) is 10.2 Å². The third-order valence-electron chi connectivity index (χ3n) is 5.71. The molecule has 0 saturated heterocycles. The van der Waals surface area contributed by atoms with E-state index in [1.165, 1.54) is 17.3 Å². The highest BCUT2D eigenvalue weighted by Crippen LogP contribution is 2.25. The second-order valence-electron chi connectivity index (χ2n) is 7.80. The standard InChI is InChI=1S/C24H21N5O2S/c1-14-8-9-17(12-15(14)2)28-10-11-29-22(23(28)31)26-27-24(29)32-13-20(30)21-16(3)25-19-7-5-4-6-18(19)21/h4-12,25H,13H2,1-3H3. The largest absolute Gasteiger partial charge is 0.358 e. The Balaban J connectivity index is 1.44. The van der Waals surface area contributed by atoms with Crippen LogP contribution in [0.1, 0.15) is 27.2 Å². The third-order valence-corrected chi connectivity index (χ3v) is 6.66. The van der Waals surface area contributed by atoms with Crippen molar-refractivity contribution in [2.45, 2.75) is 25.9 Å². The van der Waals surface area contributed by atoms with Crippen molar-refractivity contribution in [2.75, 3.05) is 5.75 Å². The van der Waals surface area contributed by atoms with Crippen LogP contribution in [0.2, 0.25) is 0 Å².